The van der Waals surface area contributed by atoms with Crippen LogP contribution >= 0.6 is 0 Å². The number of unbranched alkanes of at least 4 members (excludes halogenated alkanes) is 6. The van der Waals surface area contributed by atoms with Crippen LogP contribution in [0.3, 0.4) is 0 Å². The van der Waals surface area contributed by atoms with E-state index >= 15 is 0 Å². The maximum atomic E-state index is 13.1. The van der Waals surface area contributed by atoms with Gasteiger partial charge in [-0.15, -0.1) is 0 Å². The van der Waals surface area contributed by atoms with Crippen molar-refractivity contribution in [2.75, 3.05) is 111 Å². The molecule has 55 heavy (non-hydrogen) atoms. The second kappa shape index (κ2) is 31.8. The van der Waals surface area contributed by atoms with E-state index in [-0.39, 0.29) is 37.0 Å². The number of anilines is 2. The third-order valence-corrected chi connectivity index (χ3v) is 7.78. The highest BCUT2D eigenvalue weighted by Gasteiger charge is 2.30. The number of carbonyl (C=O) groups excluding carboxylic acids is 2. The molecule has 2 aromatic rings. The molecule has 0 aromatic heterocycles. The van der Waals surface area contributed by atoms with Gasteiger partial charge in [0, 0.05) is 12.1 Å². The molecule has 12 nitrogen and oxygen atoms in total. The van der Waals surface area contributed by atoms with Crippen LogP contribution in [0.5, 0.6) is 0 Å². The summed E-state index contributed by atoms with van der Waals surface area (Å²) in [6.07, 6.45) is 4.18. The van der Waals surface area contributed by atoms with Crippen molar-refractivity contribution in [1.82, 2.24) is 0 Å². The highest BCUT2D eigenvalue weighted by atomic mass is 19.4. The lowest BCUT2D eigenvalue weighted by atomic mass is 10.1. The van der Waals surface area contributed by atoms with Crippen molar-refractivity contribution < 1.29 is 65.4 Å². The summed E-state index contributed by atoms with van der Waals surface area (Å²) in [5.41, 5.74) is -0.0965. The molecule has 1 N–H and O–H groups in total. The maximum absolute atomic E-state index is 13.1. The van der Waals surface area contributed by atoms with Gasteiger partial charge in [-0.3, -0.25) is 4.79 Å². The smallest absolute Gasteiger partial charge is 0.416 e. The first-order valence-corrected chi connectivity index (χ1v) is 19.2. The summed E-state index contributed by atoms with van der Waals surface area (Å²) in [7, 11) is 0. The Morgan fingerprint density at radius 1 is 0.545 bits per heavy atom. The predicted octanol–water partition coefficient (Wildman–Crippen LogP) is 7.41. The van der Waals surface area contributed by atoms with Crippen LogP contribution < -0.4 is 5.32 Å². The molecule has 0 aliphatic heterocycles. The summed E-state index contributed by atoms with van der Waals surface area (Å²) in [6.45, 7) is 7.88. The molecule has 0 saturated heterocycles. The van der Waals surface area contributed by atoms with E-state index in [9.17, 15) is 22.8 Å². The Morgan fingerprint density at radius 3 is 1.51 bits per heavy atom. The van der Waals surface area contributed by atoms with Gasteiger partial charge in [0.05, 0.1) is 109 Å². The molecule has 15 heteroatoms. The minimum Gasteiger partial charge on any atom is -0.463 e. The van der Waals surface area contributed by atoms with Gasteiger partial charge in [0.15, 0.2) is 0 Å². The second-order valence-corrected chi connectivity index (χ2v) is 12.3. The molecule has 0 fully saturated rings. The van der Waals surface area contributed by atoms with Gasteiger partial charge in [-0.2, -0.15) is 13.2 Å². The molecule has 0 amide bonds. The first kappa shape index (κ1) is 47.8. The van der Waals surface area contributed by atoms with E-state index < -0.39 is 17.7 Å². The van der Waals surface area contributed by atoms with Crippen molar-refractivity contribution >= 4 is 23.3 Å². The number of benzene rings is 2. The molecule has 0 unspecified atom stereocenters. The number of hydrogen-bond acceptors (Lipinski definition) is 12. The minimum absolute atomic E-state index is 0.00429. The third-order valence-electron chi connectivity index (χ3n) is 7.78. The monoisotopic (exact) mass is 787 g/mol. The zero-order valence-corrected chi connectivity index (χ0v) is 32.2. The van der Waals surface area contributed by atoms with E-state index in [1.807, 2.05) is 0 Å². The van der Waals surface area contributed by atoms with Gasteiger partial charge in [0.2, 0.25) is 0 Å². The quantitative estimate of drug-likeness (QED) is 0.0552. The second-order valence-electron chi connectivity index (χ2n) is 12.3. The van der Waals surface area contributed by atoms with Crippen molar-refractivity contribution in [1.29, 1.82) is 0 Å². The van der Waals surface area contributed by atoms with E-state index in [0.717, 1.165) is 25.0 Å². The number of nitrogens with one attached hydrogen (secondary N) is 1. The van der Waals surface area contributed by atoms with Crippen LogP contribution in [-0.2, 0) is 53.6 Å². The molecule has 0 radical (unpaired) electrons. The van der Waals surface area contributed by atoms with Gasteiger partial charge in [0.1, 0.15) is 13.2 Å². The van der Waals surface area contributed by atoms with Gasteiger partial charge in [-0.25, -0.2) is 4.79 Å². The Balaban J connectivity index is 1.30. The topological polar surface area (TPSA) is 129 Å². The minimum atomic E-state index is -4.48. The van der Waals surface area contributed by atoms with Crippen LogP contribution in [0, 0.1) is 0 Å². The van der Waals surface area contributed by atoms with Crippen molar-refractivity contribution in [3.05, 3.63) is 59.7 Å². The lowest BCUT2D eigenvalue weighted by Gasteiger charge is -2.13. The number of carbonyl (C=O) groups is 2. The SMILES string of the molecule is CCCCCCCCCC(=O)OCCOCCOCCOCCOCCOCCOCCOCCOC(=O)c1ccccc1Nc1cccc(C(F)(F)F)c1. The summed E-state index contributed by atoms with van der Waals surface area (Å²) < 4.78 is 87.8. The fourth-order valence-corrected chi connectivity index (χ4v) is 4.90. The Kier molecular flexibility index (Phi) is 27.7. The van der Waals surface area contributed by atoms with Crippen LogP contribution in [0.4, 0.5) is 24.5 Å². The molecule has 2 rings (SSSR count). The highest BCUT2D eigenvalue weighted by molar-refractivity contribution is 5.96. The van der Waals surface area contributed by atoms with Gasteiger partial charge >= 0.3 is 18.1 Å². The van der Waals surface area contributed by atoms with Gasteiger partial charge in [-0.05, 0) is 36.8 Å². The number of para-hydroxylation sites is 1. The number of ether oxygens (including phenoxy) is 9. The fourth-order valence-electron chi connectivity index (χ4n) is 4.90. The molecule has 0 aliphatic rings. The van der Waals surface area contributed by atoms with Crippen molar-refractivity contribution in [3.8, 4) is 0 Å². The summed E-state index contributed by atoms with van der Waals surface area (Å²) in [6, 6.07) is 11.1. The van der Waals surface area contributed by atoms with Crippen molar-refractivity contribution in [2.45, 2.75) is 64.5 Å². The van der Waals surface area contributed by atoms with E-state index in [2.05, 4.69) is 12.2 Å². The normalized spacial score (nSPS) is 11.5. The Morgan fingerprint density at radius 2 is 1.00 bits per heavy atom. The average molecular weight is 788 g/mol. The fraction of sp³-hybridized carbons (Fsp3) is 0.650. The van der Waals surface area contributed by atoms with Crippen molar-refractivity contribution in [2.24, 2.45) is 0 Å². The van der Waals surface area contributed by atoms with Crippen molar-refractivity contribution in [3.63, 3.8) is 0 Å². The third kappa shape index (κ3) is 25.5. The first-order valence-electron chi connectivity index (χ1n) is 19.2. The standard InChI is InChI=1S/C40H60F3NO11/c1-2-3-4-5-6-7-8-16-38(45)54-31-29-52-27-25-50-23-21-48-19-17-47-18-20-49-22-24-51-26-28-53-30-32-55-39(46)36-14-9-10-15-37(36)44-35-13-11-12-34(33-35)40(41,42)43/h9-15,33,44H,2-8,16-32H2,1H3. The van der Waals surface area contributed by atoms with E-state index in [1.54, 1.807) is 18.2 Å². The molecule has 0 aliphatic carbocycles. The molecular formula is C40H60F3NO11. The molecule has 0 spiro atoms. The molecular weight excluding hydrogens is 727 g/mol. The summed E-state index contributed by atoms with van der Waals surface area (Å²) in [5, 5.41) is 2.86. The first-order chi connectivity index (χ1) is 26.8. The van der Waals surface area contributed by atoms with Crippen LogP contribution in [-0.4, -0.2) is 118 Å². The number of hydrogen-bond donors (Lipinski definition) is 1. The molecule has 0 atom stereocenters. The largest absolute Gasteiger partial charge is 0.463 e. The molecule has 0 bridgehead atoms. The van der Waals surface area contributed by atoms with Crippen LogP contribution in [0.15, 0.2) is 48.5 Å². The maximum Gasteiger partial charge on any atom is 0.416 e. The van der Waals surface area contributed by atoms with Crippen LogP contribution in [0.1, 0.15) is 74.2 Å². The van der Waals surface area contributed by atoms with Crippen LogP contribution in [0.2, 0.25) is 0 Å². The number of halogens is 3. The van der Waals surface area contributed by atoms with E-state index in [0.29, 0.717) is 98.0 Å². The Labute approximate surface area is 323 Å². The molecule has 0 heterocycles. The Hall–Kier alpha value is -3.31. The van der Waals surface area contributed by atoms with Gasteiger partial charge < -0.3 is 47.9 Å². The zero-order valence-electron chi connectivity index (χ0n) is 32.2. The summed E-state index contributed by atoms with van der Waals surface area (Å²) >= 11 is 0. The van der Waals surface area contributed by atoms with E-state index in [4.69, 9.17) is 42.6 Å². The lowest BCUT2D eigenvalue weighted by molar-refractivity contribution is -0.145. The Bertz CT molecular complexity index is 1270. The highest BCUT2D eigenvalue weighted by Crippen LogP contribution is 2.32. The average Bonchev–Trinajstić information content (AvgIpc) is 3.17. The van der Waals surface area contributed by atoms with Crippen LogP contribution in [0.25, 0.3) is 0 Å². The number of alkyl halides is 3. The molecule has 2 aromatic carbocycles. The van der Waals surface area contributed by atoms with Gasteiger partial charge in [-0.1, -0.05) is 63.6 Å². The van der Waals surface area contributed by atoms with Gasteiger partial charge in [0.25, 0.3) is 0 Å². The number of rotatable bonds is 35. The number of esters is 2. The van der Waals surface area contributed by atoms with E-state index in [1.165, 1.54) is 50.3 Å². The molecule has 312 valence electrons. The predicted molar refractivity (Wildman–Crippen MR) is 201 cm³/mol. The summed E-state index contributed by atoms with van der Waals surface area (Å²) in [5.74, 6) is -0.792. The zero-order chi connectivity index (χ0) is 39.7. The summed E-state index contributed by atoms with van der Waals surface area (Å²) in [4.78, 5) is 24.3. The molecule has 0 saturated carbocycles. The lowest BCUT2D eigenvalue weighted by Crippen LogP contribution is -2.16.